The van der Waals surface area contributed by atoms with Crippen molar-refractivity contribution in [1.29, 1.82) is 0 Å². The highest BCUT2D eigenvalue weighted by molar-refractivity contribution is 5.95. The van der Waals surface area contributed by atoms with Gasteiger partial charge in [-0.05, 0) is 32.0 Å². The Balaban J connectivity index is 3.09. The molecule has 5 nitrogen and oxygen atoms in total. The molecule has 1 aromatic carbocycles. The van der Waals surface area contributed by atoms with Crippen molar-refractivity contribution in [3.8, 4) is 5.75 Å². The normalized spacial score (nSPS) is 10.2. The molecule has 98 valence electrons. The van der Waals surface area contributed by atoms with Gasteiger partial charge in [-0.15, -0.1) is 0 Å². The van der Waals surface area contributed by atoms with Crippen LogP contribution < -0.4 is 10.1 Å². The molecule has 0 spiro atoms. The van der Waals surface area contributed by atoms with Gasteiger partial charge in [0.2, 0.25) is 5.91 Å². The van der Waals surface area contributed by atoms with Crippen LogP contribution >= 0.6 is 0 Å². The molecule has 0 saturated carbocycles. The number of rotatable bonds is 5. The molecule has 5 heteroatoms. The molecule has 0 aliphatic heterocycles. The Morgan fingerprint density at radius 1 is 1.39 bits per heavy atom. The Morgan fingerprint density at radius 2 is 2.06 bits per heavy atom. The van der Waals surface area contributed by atoms with Crippen molar-refractivity contribution in [2.45, 2.75) is 33.3 Å². The molecule has 18 heavy (non-hydrogen) atoms. The summed E-state index contributed by atoms with van der Waals surface area (Å²) < 4.78 is 5.52. The number of carboxylic acid groups (broad SMARTS) is 1. The smallest absolute Gasteiger partial charge is 0.335 e. The fourth-order valence-corrected chi connectivity index (χ4v) is 1.36. The second-order valence-corrected chi connectivity index (χ2v) is 4.08. The van der Waals surface area contributed by atoms with Crippen LogP contribution in [0.5, 0.6) is 5.75 Å². The van der Waals surface area contributed by atoms with Gasteiger partial charge in [-0.3, -0.25) is 4.79 Å². The van der Waals surface area contributed by atoms with E-state index in [1.54, 1.807) is 13.0 Å². The van der Waals surface area contributed by atoms with Crippen molar-refractivity contribution >= 4 is 17.6 Å². The van der Waals surface area contributed by atoms with E-state index in [9.17, 15) is 9.59 Å². The molecule has 1 rings (SSSR count). The summed E-state index contributed by atoms with van der Waals surface area (Å²) >= 11 is 0. The van der Waals surface area contributed by atoms with Gasteiger partial charge in [0.1, 0.15) is 5.75 Å². The zero-order valence-electron chi connectivity index (χ0n) is 10.7. The number of nitrogens with one attached hydrogen (secondary N) is 1. The lowest BCUT2D eigenvalue weighted by Crippen LogP contribution is -2.14. The summed E-state index contributed by atoms with van der Waals surface area (Å²) in [4.78, 5) is 22.3. The van der Waals surface area contributed by atoms with Gasteiger partial charge in [0.15, 0.2) is 0 Å². The van der Waals surface area contributed by atoms with Gasteiger partial charge in [0.05, 0.1) is 17.4 Å². The molecule has 1 aromatic rings. The maximum absolute atomic E-state index is 11.4. The third-order valence-electron chi connectivity index (χ3n) is 2.18. The number of hydrogen-bond donors (Lipinski definition) is 2. The summed E-state index contributed by atoms with van der Waals surface area (Å²) in [6.45, 7) is 5.44. The molecule has 0 radical (unpaired) electrons. The predicted octanol–water partition coefficient (Wildman–Crippen LogP) is 2.52. The average molecular weight is 251 g/mol. The van der Waals surface area contributed by atoms with Gasteiger partial charge in [-0.25, -0.2) is 4.79 Å². The lowest BCUT2D eigenvalue weighted by molar-refractivity contribution is -0.115. The standard InChI is InChI=1S/C13H17NO4/c1-4-12(15)14-10-7-9(13(16)17)5-6-11(10)18-8(2)3/h5-8H,4H2,1-3H3,(H,14,15)(H,16,17). The van der Waals surface area contributed by atoms with Gasteiger partial charge in [0.25, 0.3) is 0 Å². The van der Waals surface area contributed by atoms with E-state index in [-0.39, 0.29) is 17.6 Å². The lowest BCUT2D eigenvalue weighted by atomic mass is 10.2. The number of carboxylic acids is 1. The number of hydrogen-bond acceptors (Lipinski definition) is 3. The average Bonchev–Trinajstić information content (AvgIpc) is 2.30. The van der Waals surface area contributed by atoms with Gasteiger partial charge in [0, 0.05) is 6.42 Å². The van der Waals surface area contributed by atoms with Gasteiger partial charge < -0.3 is 15.2 Å². The first-order valence-corrected chi connectivity index (χ1v) is 5.78. The highest BCUT2D eigenvalue weighted by Crippen LogP contribution is 2.27. The van der Waals surface area contributed by atoms with Crippen LogP contribution in [0.25, 0.3) is 0 Å². The highest BCUT2D eigenvalue weighted by Gasteiger charge is 2.12. The molecule has 0 aromatic heterocycles. The monoisotopic (exact) mass is 251 g/mol. The summed E-state index contributed by atoms with van der Waals surface area (Å²) in [6.07, 6.45) is 0.260. The minimum atomic E-state index is -1.04. The van der Waals surface area contributed by atoms with E-state index in [1.165, 1.54) is 12.1 Å². The van der Waals surface area contributed by atoms with Crippen LogP contribution in [0.4, 0.5) is 5.69 Å². The van der Waals surface area contributed by atoms with Crippen molar-refractivity contribution in [1.82, 2.24) is 0 Å². The first kappa shape index (κ1) is 14.0. The summed E-state index contributed by atoms with van der Waals surface area (Å²) in [5.41, 5.74) is 0.493. The van der Waals surface area contributed by atoms with Crippen molar-refractivity contribution in [2.75, 3.05) is 5.32 Å². The molecule has 1 amide bonds. The van der Waals surface area contributed by atoms with Crippen LogP contribution in [-0.4, -0.2) is 23.1 Å². The van der Waals surface area contributed by atoms with E-state index >= 15 is 0 Å². The Bertz CT molecular complexity index is 454. The Hall–Kier alpha value is -2.04. The zero-order valence-corrected chi connectivity index (χ0v) is 10.7. The Kier molecular flexibility index (Phi) is 4.71. The molecular weight excluding hydrogens is 234 g/mol. The molecule has 0 fully saturated rings. The quantitative estimate of drug-likeness (QED) is 0.843. The fraction of sp³-hybridized carbons (Fsp3) is 0.385. The van der Waals surface area contributed by atoms with E-state index in [2.05, 4.69) is 5.32 Å². The lowest BCUT2D eigenvalue weighted by Gasteiger charge is -2.15. The minimum absolute atomic E-state index is 0.0574. The van der Waals surface area contributed by atoms with E-state index < -0.39 is 5.97 Å². The minimum Gasteiger partial charge on any atom is -0.489 e. The maximum atomic E-state index is 11.4. The van der Waals surface area contributed by atoms with Crippen molar-refractivity contribution in [3.63, 3.8) is 0 Å². The Morgan fingerprint density at radius 3 is 2.56 bits per heavy atom. The SMILES string of the molecule is CCC(=O)Nc1cc(C(=O)O)ccc1OC(C)C. The number of carbonyl (C=O) groups excluding carboxylic acids is 1. The number of carbonyl (C=O) groups is 2. The third kappa shape index (κ3) is 3.76. The van der Waals surface area contributed by atoms with E-state index in [0.29, 0.717) is 17.9 Å². The fourth-order valence-electron chi connectivity index (χ4n) is 1.36. The summed E-state index contributed by atoms with van der Waals surface area (Å²) in [5, 5.41) is 11.6. The van der Waals surface area contributed by atoms with Crippen LogP contribution in [0, 0.1) is 0 Å². The van der Waals surface area contributed by atoms with Crippen LogP contribution in [0.2, 0.25) is 0 Å². The number of aromatic carboxylic acids is 1. The van der Waals surface area contributed by atoms with E-state index in [4.69, 9.17) is 9.84 Å². The molecule has 0 aliphatic rings. The van der Waals surface area contributed by atoms with Crippen LogP contribution in [0.1, 0.15) is 37.6 Å². The predicted molar refractivity (Wildman–Crippen MR) is 68.1 cm³/mol. The van der Waals surface area contributed by atoms with Crippen molar-refractivity contribution < 1.29 is 19.4 Å². The second kappa shape index (κ2) is 6.05. The summed E-state index contributed by atoms with van der Waals surface area (Å²) in [5.74, 6) is -0.763. The van der Waals surface area contributed by atoms with Crippen LogP contribution in [0.3, 0.4) is 0 Å². The van der Waals surface area contributed by atoms with E-state index in [1.807, 2.05) is 13.8 Å². The van der Waals surface area contributed by atoms with Crippen LogP contribution in [-0.2, 0) is 4.79 Å². The largest absolute Gasteiger partial charge is 0.489 e. The molecule has 0 heterocycles. The molecule has 0 saturated heterocycles. The molecular formula is C13H17NO4. The third-order valence-corrected chi connectivity index (χ3v) is 2.18. The number of ether oxygens (including phenoxy) is 1. The molecule has 0 aliphatic carbocycles. The molecule has 0 bridgehead atoms. The topological polar surface area (TPSA) is 75.6 Å². The second-order valence-electron chi connectivity index (χ2n) is 4.08. The number of amides is 1. The highest BCUT2D eigenvalue weighted by atomic mass is 16.5. The summed E-state index contributed by atoms with van der Waals surface area (Å²) in [6, 6.07) is 4.39. The summed E-state index contributed by atoms with van der Waals surface area (Å²) in [7, 11) is 0. The van der Waals surface area contributed by atoms with Crippen molar-refractivity contribution in [2.24, 2.45) is 0 Å². The maximum Gasteiger partial charge on any atom is 0.335 e. The van der Waals surface area contributed by atoms with Crippen LogP contribution in [0.15, 0.2) is 18.2 Å². The first-order chi connectivity index (χ1) is 8.43. The molecule has 0 unspecified atom stereocenters. The van der Waals surface area contributed by atoms with E-state index in [0.717, 1.165) is 0 Å². The molecule has 0 atom stereocenters. The first-order valence-electron chi connectivity index (χ1n) is 5.78. The zero-order chi connectivity index (χ0) is 13.7. The molecule has 2 N–H and O–H groups in total. The number of anilines is 1. The van der Waals surface area contributed by atoms with Gasteiger partial charge in [-0.1, -0.05) is 6.92 Å². The van der Waals surface area contributed by atoms with Gasteiger partial charge in [-0.2, -0.15) is 0 Å². The van der Waals surface area contributed by atoms with Gasteiger partial charge >= 0.3 is 5.97 Å². The number of benzene rings is 1. The van der Waals surface area contributed by atoms with Crippen molar-refractivity contribution in [3.05, 3.63) is 23.8 Å². The Labute approximate surface area is 106 Å².